The molecular formula is C20H12F7N3O2. The van der Waals surface area contributed by atoms with Gasteiger partial charge in [0.2, 0.25) is 5.43 Å². The number of benzene rings is 1. The summed E-state index contributed by atoms with van der Waals surface area (Å²) in [5, 5.41) is -0.734. The van der Waals surface area contributed by atoms with Crippen LogP contribution in [0, 0.1) is 29.2 Å². The number of hydrogen-bond donors (Lipinski definition) is 1. The summed E-state index contributed by atoms with van der Waals surface area (Å²) < 4.78 is 98.3. The number of rotatable bonds is 4. The van der Waals surface area contributed by atoms with Crippen LogP contribution in [0.4, 0.5) is 30.7 Å². The summed E-state index contributed by atoms with van der Waals surface area (Å²) >= 11 is 0. The van der Waals surface area contributed by atoms with E-state index in [0.29, 0.717) is 16.8 Å². The molecular weight excluding hydrogens is 447 g/mol. The van der Waals surface area contributed by atoms with E-state index in [1.165, 1.54) is 0 Å². The number of carbonyl (C=O) groups excluding carboxylic acids is 1. The van der Waals surface area contributed by atoms with E-state index in [0.717, 1.165) is 0 Å². The van der Waals surface area contributed by atoms with Gasteiger partial charge in [-0.2, -0.15) is 13.2 Å². The first-order chi connectivity index (χ1) is 14.9. The van der Waals surface area contributed by atoms with Crippen LogP contribution in [0.15, 0.2) is 29.2 Å². The maximum Gasteiger partial charge on any atom is 0.397 e. The third kappa shape index (κ3) is 3.59. The van der Waals surface area contributed by atoms with Gasteiger partial charge in [0.05, 0.1) is 11.1 Å². The van der Waals surface area contributed by atoms with Gasteiger partial charge in [-0.1, -0.05) is 0 Å². The lowest BCUT2D eigenvalue weighted by molar-refractivity contribution is -0.156. The molecule has 32 heavy (non-hydrogen) atoms. The Morgan fingerprint density at radius 3 is 2.16 bits per heavy atom. The molecule has 1 aliphatic carbocycles. The zero-order valence-electron chi connectivity index (χ0n) is 15.8. The third-order valence-corrected chi connectivity index (χ3v) is 5.19. The standard InChI is InChI=1S/C20H12F7N3O2/c21-8-3-12(23)16(13(24)4-8)30-6-10(18(28)32)17(31)9-5-11(22)15(29-19(9)30)14(7-1-2-7)20(25,26)27/h3-7,14H,1-2H2,(H2,28,32). The topological polar surface area (TPSA) is 78.0 Å². The molecule has 4 rings (SSSR count). The summed E-state index contributed by atoms with van der Waals surface area (Å²) in [7, 11) is 0. The molecule has 1 aromatic carbocycles. The first-order valence-electron chi connectivity index (χ1n) is 9.17. The van der Waals surface area contributed by atoms with Crippen LogP contribution in [-0.2, 0) is 0 Å². The van der Waals surface area contributed by atoms with Crippen LogP contribution in [0.3, 0.4) is 0 Å². The second-order valence-electron chi connectivity index (χ2n) is 7.41. The lowest BCUT2D eigenvalue weighted by Crippen LogP contribution is -2.27. The van der Waals surface area contributed by atoms with Gasteiger partial charge in [0.25, 0.3) is 5.91 Å². The molecule has 1 fully saturated rings. The molecule has 2 aromatic heterocycles. The van der Waals surface area contributed by atoms with Crippen molar-refractivity contribution in [1.29, 1.82) is 0 Å². The van der Waals surface area contributed by atoms with Gasteiger partial charge in [-0.05, 0) is 24.8 Å². The Morgan fingerprint density at radius 2 is 1.66 bits per heavy atom. The van der Waals surface area contributed by atoms with Gasteiger partial charge in [-0.25, -0.2) is 22.5 Å². The van der Waals surface area contributed by atoms with Crippen molar-refractivity contribution in [2.45, 2.75) is 24.9 Å². The van der Waals surface area contributed by atoms with Gasteiger partial charge in [0, 0.05) is 18.3 Å². The predicted octanol–water partition coefficient (Wildman–Crippen LogP) is 4.10. The average molecular weight is 459 g/mol. The highest BCUT2D eigenvalue weighted by atomic mass is 19.4. The molecule has 3 aromatic rings. The lowest BCUT2D eigenvalue weighted by atomic mass is 9.97. The number of aromatic nitrogens is 2. The van der Waals surface area contributed by atoms with Crippen molar-refractivity contribution in [2.75, 3.05) is 0 Å². The number of halogens is 7. The van der Waals surface area contributed by atoms with Crippen molar-refractivity contribution >= 4 is 16.9 Å². The van der Waals surface area contributed by atoms with Crippen LogP contribution in [0.2, 0.25) is 0 Å². The SMILES string of the molecule is NC(=O)c1cn(-c2c(F)cc(F)cc2F)c2nc(C(C3CC3)C(F)(F)F)c(F)cc2c1=O. The van der Waals surface area contributed by atoms with Gasteiger partial charge < -0.3 is 5.73 Å². The number of amides is 1. The Bertz CT molecular complexity index is 1310. The normalized spacial score (nSPS) is 15.2. The first-order valence-corrected chi connectivity index (χ1v) is 9.17. The van der Waals surface area contributed by atoms with Crippen molar-refractivity contribution in [3.8, 4) is 5.69 Å². The average Bonchev–Trinajstić information content (AvgIpc) is 3.47. The summed E-state index contributed by atoms with van der Waals surface area (Å²) in [6.07, 6.45) is -3.98. The summed E-state index contributed by atoms with van der Waals surface area (Å²) in [6, 6.07) is 0.974. The van der Waals surface area contributed by atoms with Crippen LogP contribution >= 0.6 is 0 Å². The van der Waals surface area contributed by atoms with Crippen LogP contribution in [0.1, 0.15) is 34.8 Å². The Labute approximate surface area is 174 Å². The van der Waals surface area contributed by atoms with E-state index >= 15 is 0 Å². The van der Waals surface area contributed by atoms with E-state index in [-0.39, 0.29) is 25.0 Å². The van der Waals surface area contributed by atoms with E-state index in [1.807, 2.05) is 0 Å². The fraction of sp³-hybridized carbons (Fsp3) is 0.250. The highest BCUT2D eigenvalue weighted by Crippen LogP contribution is 2.51. The van der Waals surface area contributed by atoms with Gasteiger partial charge in [-0.15, -0.1) is 0 Å². The third-order valence-electron chi connectivity index (χ3n) is 5.19. The lowest BCUT2D eigenvalue weighted by Gasteiger charge is -2.21. The predicted molar refractivity (Wildman–Crippen MR) is 97.2 cm³/mol. The van der Waals surface area contributed by atoms with Crippen LogP contribution in [-0.4, -0.2) is 21.6 Å². The fourth-order valence-electron chi connectivity index (χ4n) is 3.64. The number of fused-ring (bicyclic) bond motifs is 1. The number of primary amides is 1. The minimum Gasteiger partial charge on any atom is -0.365 e. The second kappa shape index (κ2) is 7.31. The van der Waals surface area contributed by atoms with Crippen LogP contribution in [0.25, 0.3) is 16.7 Å². The smallest absolute Gasteiger partial charge is 0.365 e. The van der Waals surface area contributed by atoms with E-state index in [9.17, 15) is 40.3 Å². The molecule has 1 atom stereocenters. The number of pyridine rings is 2. The molecule has 0 saturated heterocycles. The van der Waals surface area contributed by atoms with Gasteiger partial charge in [0.1, 0.15) is 34.5 Å². The first kappa shape index (κ1) is 21.8. The van der Waals surface area contributed by atoms with E-state index in [1.54, 1.807) is 0 Å². The van der Waals surface area contributed by atoms with Crippen molar-refractivity contribution in [1.82, 2.24) is 9.55 Å². The Kier molecular flexibility index (Phi) is 4.98. The molecule has 1 unspecified atom stereocenters. The van der Waals surface area contributed by atoms with Gasteiger partial charge in [-0.3, -0.25) is 14.2 Å². The number of hydrogen-bond acceptors (Lipinski definition) is 3. The molecule has 0 aliphatic heterocycles. The second-order valence-corrected chi connectivity index (χ2v) is 7.41. The molecule has 5 nitrogen and oxygen atoms in total. The highest BCUT2D eigenvalue weighted by molar-refractivity contribution is 5.96. The fourth-order valence-corrected chi connectivity index (χ4v) is 3.64. The summed E-state index contributed by atoms with van der Waals surface area (Å²) in [6.45, 7) is 0. The van der Waals surface area contributed by atoms with E-state index in [4.69, 9.17) is 5.73 Å². The number of nitrogens with zero attached hydrogens (tertiary/aromatic N) is 2. The van der Waals surface area contributed by atoms with Gasteiger partial charge in [0.15, 0.2) is 11.6 Å². The van der Waals surface area contributed by atoms with Crippen LogP contribution in [0.5, 0.6) is 0 Å². The zero-order valence-corrected chi connectivity index (χ0v) is 15.8. The molecule has 1 aliphatic rings. The maximum atomic E-state index is 14.7. The van der Waals surface area contributed by atoms with Crippen molar-refractivity contribution in [3.05, 3.63) is 69.1 Å². The Hall–Kier alpha value is -3.44. The maximum absolute atomic E-state index is 14.7. The number of nitrogens with two attached hydrogens (primary N) is 1. The molecule has 0 bridgehead atoms. The minimum absolute atomic E-state index is 0.165. The molecule has 0 radical (unpaired) electrons. The summed E-state index contributed by atoms with van der Waals surface area (Å²) in [5.41, 5.74) is 0.231. The Morgan fingerprint density at radius 1 is 1.06 bits per heavy atom. The molecule has 2 heterocycles. The molecule has 2 N–H and O–H groups in total. The minimum atomic E-state index is -4.88. The quantitative estimate of drug-likeness (QED) is 0.597. The monoisotopic (exact) mass is 459 g/mol. The van der Waals surface area contributed by atoms with Crippen molar-refractivity contribution in [2.24, 2.45) is 11.7 Å². The van der Waals surface area contributed by atoms with Crippen LogP contribution < -0.4 is 11.2 Å². The number of carbonyl (C=O) groups is 1. The van der Waals surface area contributed by atoms with E-state index < -0.39 is 80.6 Å². The molecule has 1 saturated carbocycles. The number of alkyl halides is 3. The Balaban J connectivity index is 2.12. The van der Waals surface area contributed by atoms with E-state index in [2.05, 4.69) is 4.98 Å². The van der Waals surface area contributed by atoms with Crippen molar-refractivity contribution in [3.63, 3.8) is 0 Å². The molecule has 12 heteroatoms. The summed E-state index contributed by atoms with van der Waals surface area (Å²) in [4.78, 5) is 27.9. The summed E-state index contributed by atoms with van der Waals surface area (Å²) in [5.74, 6) is -10.4. The zero-order chi connectivity index (χ0) is 23.5. The molecule has 1 amide bonds. The molecule has 168 valence electrons. The largest absolute Gasteiger partial charge is 0.397 e. The molecule has 0 spiro atoms. The highest BCUT2D eigenvalue weighted by Gasteiger charge is 2.51. The van der Waals surface area contributed by atoms with Crippen molar-refractivity contribution < 1.29 is 35.5 Å². The van der Waals surface area contributed by atoms with Gasteiger partial charge >= 0.3 is 6.18 Å².